The van der Waals surface area contributed by atoms with Crippen molar-refractivity contribution in [3.8, 4) is 0 Å². The highest BCUT2D eigenvalue weighted by atomic mass is 35.5. The smallest absolute Gasteiger partial charge is 0.272 e. The molecule has 1 aromatic carbocycles. The average Bonchev–Trinajstić information content (AvgIpc) is 3.24. The van der Waals surface area contributed by atoms with E-state index in [0.29, 0.717) is 16.9 Å². The quantitative estimate of drug-likeness (QED) is 0.803. The molecular weight excluding hydrogens is 260 g/mol. The second-order valence-electron chi connectivity index (χ2n) is 4.84. The molecule has 98 valence electrons. The Morgan fingerprint density at radius 2 is 2.16 bits per heavy atom. The molecular formula is C15H15ClN2O. The summed E-state index contributed by atoms with van der Waals surface area (Å²) in [4.78, 5) is 18.6. The van der Waals surface area contributed by atoms with Gasteiger partial charge in [-0.1, -0.05) is 35.9 Å². The second-order valence-corrected chi connectivity index (χ2v) is 5.20. The van der Waals surface area contributed by atoms with E-state index in [9.17, 15) is 4.79 Å². The molecule has 0 saturated heterocycles. The zero-order valence-electron chi connectivity index (χ0n) is 10.8. The molecule has 0 aliphatic heterocycles. The highest BCUT2D eigenvalue weighted by Crippen LogP contribution is 2.29. The molecule has 0 atom stereocenters. The normalized spacial score (nSPS) is 14.6. The van der Waals surface area contributed by atoms with Crippen LogP contribution in [-0.2, 0) is 0 Å². The van der Waals surface area contributed by atoms with E-state index in [0.717, 1.165) is 30.2 Å². The lowest BCUT2D eigenvalue weighted by Crippen LogP contribution is -2.33. The number of nitrogens with zero attached hydrogens (tertiary/aromatic N) is 2. The van der Waals surface area contributed by atoms with Gasteiger partial charge in [0.25, 0.3) is 5.91 Å². The second kappa shape index (κ2) is 4.82. The summed E-state index contributed by atoms with van der Waals surface area (Å²) in [5.41, 5.74) is 0.442. The lowest BCUT2D eigenvalue weighted by molar-refractivity contribution is 0.0747. The fraction of sp³-hybridized carbons (Fsp3) is 0.333. The van der Waals surface area contributed by atoms with Crippen molar-refractivity contribution in [1.82, 2.24) is 9.88 Å². The van der Waals surface area contributed by atoms with Crippen LogP contribution in [0.4, 0.5) is 0 Å². The van der Waals surface area contributed by atoms with Crippen LogP contribution in [0.3, 0.4) is 0 Å². The van der Waals surface area contributed by atoms with E-state index < -0.39 is 0 Å². The van der Waals surface area contributed by atoms with E-state index in [-0.39, 0.29) is 5.91 Å². The van der Waals surface area contributed by atoms with Gasteiger partial charge in [-0.3, -0.25) is 4.79 Å². The topological polar surface area (TPSA) is 33.2 Å². The Morgan fingerprint density at radius 1 is 1.42 bits per heavy atom. The van der Waals surface area contributed by atoms with Gasteiger partial charge in [-0.05, 0) is 31.2 Å². The van der Waals surface area contributed by atoms with Gasteiger partial charge in [-0.25, -0.2) is 4.98 Å². The molecule has 4 heteroatoms. The van der Waals surface area contributed by atoms with Crippen LogP contribution in [-0.4, -0.2) is 28.4 Å². The Hall–Kier alpha value is -1.61. The molecule has 0 spiro atoms. The molecule has 3 nitrogen and oxygen atoms in total. The van der Waals surface area contributed by atoms with Crippen molar-refractivity contribution < 1.29 is 4.79 Å². The zero-order chi connectivity index (χ0) is 13.4. The Morgan fingerprint density at radius 3 is 2.84 bits per heavy atom. The lowest BCUT2D eigenvalue weighted by Gasteiger charge is -2.20. The van der Waals surface area contributed by atoms with Gasteiger partial charge in [0.1, 0.15) is 10.8 Å². The van der Waals surface area contributed by atoms with Crippen LogP contribution in [0, 0.1) is 0 Å². The van der Waals surface area contributed by atoms with E-state index in [1.165, 1.54) is 0 Å². The first-order valence-electron chi connectivity index (χ1n) is 6.57. The summed E-state index contributed by atoms with van der Waals surface area (Å²) < 4.78 is 0. The van der Waals surface area contributed by atoms with Gasteiger partial charge < -0.3 is 4.90 Å². The molecule has 1 saturated carbocycles. The average molecular weight is 275 g/mol. The van der Waals surface area contributed by atoms with Crippen molar-refractivity contribution in [2.45, 2.75) is 25.8 Å². The summed E-state index contributed by atoms with van der Waals surface area (Å²) in [5, 5.41) is 2.24. The van der Waals surface area contributed by atoms with Gasteiger partial charge in [0.05, 0.1) is 0 Å². The lowest BCUT2D eigenvalue weighted by atomic mass is 10.1. The summed E-state index contributed by atoms with van der Waals surface area (Å²) in [6.45, 7) is 2.72. The maximum absolute atomic E-state index is 12.5. The number of amides is 1. The number of aromatic nitrogens is 1. The van der Waals surface area contributed by atoms with Crippen LogP contribution in [0.1, 0.15) is 30.3 Å². The van der Waals surface area contributed by atoms with Gasteiger partial charge in [0, 0.05) is 18.0 Å². The van der Waals surface area contributed by atoms with Crippen LogP contribution in [0.5, 0.6) is 0 Å². The highest BCUT2D eigenvalue weighted by molar-refractivity contribution is 6.34. The van der Waals surface area contributed by atoms with E-state index in [1.54, 1.807) is 0 Å². The van der Waals surface area contributed by atoms with Gasteiger partial charge in [-0.15, -0.1) is 0 Å². The molecule has 2 aromatic rings. The summed E-state index contributed by atoms with van der Waals surface area (Å²) in [7, 11) is 0. The molecule has 3 rings (SSSR count). The predicted octanol–water partition coefficient (Wildman–Crippen LogP) is 3.51. The van der Waals surface area contributed by atoms with Crippen LogP contribution in [0.15, 0.2) is 30.3 Å². The number of hydrogen-bond donors (Lipinski definition) is 0. The van der Waals surface area contributed by atoms with E-state index in [2.05, 4.69) is 4.98 Å². The molecule has 0 radical (unpaired) electrons. The molecule has 0 bridgehead atoms. The third-order valence-corrected chi connectivity index (χ3v) is 3.79. The Bertz CT molecular complexity index is 637. The summed E-state index contributed by atoms with van der Waals surface area (Å²) in [5.74, 6) is -0.0161. The Balaban J connectivity index is 2.02. The molecule has 1 fully saturated rings. The van der Waals surface area contributed by atoms with Crippen molar-refractivity contribution >= 4 is 28.3 Å². The zero-order valence-corrected chi connectivity index (χ0v) is 11.5. The first-order chi connectivity index (χ1) is 9.20. The van der Waals surface area contributed by atoms with Crippen molar-refractivity contribution in [2.24, 2.45) is 0 Å². The van der Waals surface area contributed by atoms with Crippen molar-refractivity contribution in [3.63, 3.8) is 0 Å². The van der Waals surface area contributed by atoms with Gasteiger partial charge >= 0.3 is 0 Å². The fourth-order valence-corrected chi connectivity index (χ4v) is 2.63. The Kier molecular flexibility index (Phi) is 3.15. The monoisotopic (exact) mass is 274 g/mol. The van der Waals surface area contributed by atoms with E-state index >= 15 is 0 Å². The van der Waals surface area contributed by atoms with Crippen LogP contribution in [0.2, 0.25) is 5.15 Å². The van der Waals surface area contributed by atoms with Gasteiger partial charge in [-0.2, -0.15) is 0 Å². The van der Waals surface area contributed by atoms with Crippen molar-refractivity contribution in [3.05, 3.63) is 41.2 Å². The number of halogens is 1. The summed E-state index contributed by atoms with van der Waals surface area (Å²) in [6, 6.07) is 9.94. The molecule has 0 unspecified atom stereocenters. The van der Waals surface area contributed by atoms with Crippen LogP contribution < -0.4 is 0 Å². The summed E-state index contributed by atoms with van der Waals surface area (Å²) in [6.07, 6.45) is 2.20. The summed E-state index contributed by atoms with van der Waals surface area (Å²) >= 11 is 6.17. The minimum absolute atomic E-state index is 0.0161. The first-order valence-corrected chi connectivity index (χ1v) is 6.94. The molecule has 1 aromatic heterocycles. The highest BCUT2D eigenvalue weighted by Gasteiger charge is 2.32. The van der Waals surface area contributed by atoms with Crippen molar-refractivity contribution in [1.29, 1.82) is 0 Å². The first kappa shape index (κ1) is 12.4. The largest absolute Gasteiger partial charge is 0.335 e. The number of carbonyl (C=O) groups excluding carboxylic acids is 1. The molecule has 1 aliphatic carbocycles. The predicted molar refractivity (Wildman–Crippen MR) is 76.5 cm³/mol. The number of benzene rings is 1. The minimum Gasteiger partial charge on any atom is -0.335 e. The van der Waals surface area contributed by atoms with Crippen molar-refractivity contribution in [2.75, 3.05) is 6.54 Å². The number of pyridine rings is 1. The maximum Gasteiger partial charge on any atom is 0.272 e. The van der Waals surface area contributed by atoms with E-state index in [4.69, 9.17) is 11.6 Å². The minimum atomic E-state index is -0.0161. The molecule has 1 heterocycles. The standard InChI is InChI=1S/C15H15ClN2O/c1-2-18(11-7-8-11)15(19)13-9-10-5-3-4-6-12(10)14(16)17-13/h3-6,9,11H,2,7-8H2,1H3. The Labute approximate surface area is 117 Å². The van der Waals surface area contributed by atoms with E-state index in [1.807, 2.05) is 42.2 Å². The molecule has 1 amide bonds. The number of fused-ring (bicyclic) bond motifs is 1. The number of carbonyl (C=O) groups is 1. The molecule has 1 aliphatic rings. The fourth-order valence-electron chi connectivity index (χ4n) is 2.37. The maximum atomic E-state index is 12.5. The molecule has 19 heavy (non-hydrogen) atoms. The SMILES string of the molecule is CCN(C(=O)c1cc2ccccc2c(Cl)n1)C1CC1. The molecule has 0 N–H and O–H groups in total. The van der Waals surface area contributed by atoms with Gasteiger partial charge in [0.2, 0.25) is 0 Å². The van der Waals surface area contributed by atoms with Crippen LogP contribution in [0.25, 0.3) is 10.8 Å². The van der Waals surface area contributed by atoms with Crippen LogP contribution >= 0.6 is 11.6 Å². The third-order valence-electron chi connectivity index (χ3n) is 3.50. The third kappa shape index (κ3) is 2.30. The van der Waals surface area contributed by atoms with Gasteiger partial charge in [0.15, 0.2) is 0 Å². The number of hydrogen-bond acceptors (Lipinski definition) is 2. The number of rotatable bonds is 3.